The number of rotatable bonds is 6. The Hall–Kier alpha value is -0.640. The van der Waals surface area contributed by atoms with Crippen LogP contribution in [0.1, 0.15) is 55.8 Å². The maximum atomic E-state index is 3.66. The second-order valence-electron chi connectivity index (χ2n) is 5.38. The van der Waals surface area contributed by atoms with Crippen LogP contribution in [-0.2, 0) is 0 Å². The molecule has 0 aliphatic carbocycles. The Labute approximate surface area is 134 Å². The van der Waals surface area contributed by atoms with E-state index in [1.807, 2.05) is 0 Å². The van der Waals surface area contributed by atoms with Gasteiger partial charge in [0.1, 0.15) is 0 Å². The fraction of sp³-hybridized carbons (Fsp3) is 0.412. The lowest BCUT2D eigenvalue weighted by Crippen LogP contribution is -2.23. The summed E-state index contributed by atoms with van der Waals surface area (Å²) in [5.74, 6) is 0.582. The molecule has 0 amide bonds. The van der Waals surface area contributed by atoms with Crippen LogP contribution in [0.15, 0.2) is 39.5 Å². The van der Waals surface area contributed by atoms with Gasteiger partial charge >= 0.3 is 0 Å². The van der Waals surface area contributed by atoms with Crippen LogP contribution >= 0.6 is 27.3 Å². The molecule has 0 radical (unpaired) electrons. The summed E-state index contributed by atoms with van der Waals surface area (Å²) in [4.78, 5) is 0. The van der Waals surface area contributed by atoms with Crippen LogP contribution in [0, 0.1) is 0 Å². The molecule has 20 heavy (non-hydrogen) atoms. The van der Waals surface area contributed by atoms with Gasteiger partial charge in [0.2, 0.25) is 0 Å². The molecule has 0 fully saturated rings. The average Bonchev–Trinajstić information content (AvgIpc) is 2.86. The summed E-state index contributed by atoms with van der Waals surface area (Å²) in [5, 5.41) is 8.04. The zero-order valence-electron chi connectivity index (χ0n) is 12.3. The van der Waals surface area contributed by atoms with Gasteiger partial charge in [-0.05, 0) is 56.9 Å². The summed E-state index contributed by atoms with van der Waals surface area (Å²) in [5.41, 5.74) is 4.06. The average molecular weight is 352 g/mol. The third-order valence-electron chi connectivity index (χ3n) is 3.49. The number of hydrogen-bond acceptors (Lipinski definition) is 2. The highest BCUT2D eigenvalue weighted by atomic mass is 79.9. The Kier molecular flexibility index (Phi) is 5.82. The second kappa shape index (κ2) is 7.39. The van der Waals surface area contributed by atoms with Crippen molar-refractivity contribution >= 4 is 27.3 Å². The second-order valence-corrected chi connectivity index (χ2v) is 6.98. The van der Waals surface area contributed by atoms with Crippen molar-refractivity contribution in [2.24, 2.45) is 0 Å². The molecule has 0 spiro atoms. The number of hydrogen-bond donors (Lipinski definition) is 1. The monoisotopic (exact) mass is 351 g/mol. The molecule has 1 atom stereocenters. The molecule has 1 N–H and O–H groups in total. The molecule has 2 aromatic rings. The number of nitrogens with one attached hydrogen (secondary N) is 1. The summed E-state index contributed by atoms with van der Waals surface area (Å²) >= 11 is 5.41. The van der Waals surface area contributed by atoms with E-state index in [0.717, 1.165) is 13.0 Å². The van der Waals surface area contributed by atoms with E-state index < -0.39 is 0 Å². The highest BCUT2D eigenvalue weighted by molar-refractivity contribution is 9.10. The summed E-state index contributed by atoms with van der Waals surface area (Å²) < 4.78 is 1.20. The molecule has 0 aliphatic rings. The molecule has 1 unspecified atom stereocenters. The Bertz CT molecular complexity index is 530. The third-order valence-corrected chi connectivity index (χ3v) is 5.24. The Morgan fingerprint density at radius 3 is 2.25 bits per heavy atom. The van der Waals surface area contributed by atoms with Crippen molar-refractivity contribution in [3.63, 3.8) is 0 Å². The van der Waals surface area contributed by atoms with E-state index in [2.05, 4.69) is 77.0 Å². The Balaban J connectivity index is 2.29. The lowest BCUT2D eigenvalue weighted by molar-refractivity contribution is 0.598. The van der Waals surface area contributed by atoms with Crippen LogP contribution in [0.5, 0.6) is 0 Å². The zero-order chi connectivity index (χ0) is 14.5. The largest absolute Gasteiger partial charge is 0.306 e. The first kappa shape index (κ1) is 15.7. The van der Waals surface area contributed by atoms with Gasteiger partial charge in [-0.25, -0.2) is 0 Å². The maximum Gasteiger partial charge on any atom is 0.0596 e. The number of benzene rings is 1. The molecule has 2 rings (SSSR count). The van der Waals surface area contributed by atoms with Crippen LogP contribution in [0.25, 0.3) is 0 Å². The maximum absolute atomic E-state index is 3.66. The highest BCUT2D eigenvalue weighted by Gasteiger charge is 2.17. The van der Waals surface area contributed by atoms with Crippen molar-refractivity contribution in [3.8, 4) is 0 Å². The van der Waals surface area contributed by atoms with E-state index in [-0.39, 0.29) is 6.04 Å². The summed E-state index contributed by atoms with van der Waals surface area (Å²) in [6, 6.07) is 9.29. The quantitative estimate of drug-likeness (QED) is 0.701. The Morgan fingerprint density at radius 1 is 1.10 bits per heavy atom. The van der Waals surface area contributed by atoms with Crippen LogP contribution in [0.3, 0.4) is 0 Å². The first-order valence-corrected chi connectivity index (χ1v) is 8.91. The van der Waals surface area contributed by atoms with Crippen molar-refractivity contribution in [1.29, 1.82) is 0 Å². The predicted molar refractivity (Wildman–Crippen MR) is 92.7 cm³/mol. The molecular weight excluding hydrogens is 330 g/mol. The summed E-state index contributed by atoms with van der Waals surface area (Å²) in [6.45, 7) is 7.70. The molecule has 0 saturated carbocycles. The van der Waals surface area contributed by atoms with Gasteiger partial charge in [-0.3, -0.25) is 0 Å². The predicted octanol–water partition coefficient (Wildman–Crippen LogP) is 5.72. The van der Waals surface area contributed by atoms with Gasteiger partial charge < -0.3 is 5.32 Å². The van der Waals surface area contributed by atoms with Crippen LogP contribution in [0.4, 0.5) is 0 Å². The first-order chi connectivity index (χ1) is 9.63. The van der Waals surface area contributed by atoms with Crippen molar-refractivity contribution in [2.45, 2.75) is 39.2 Å². The van der Waals surface area contributed by atoms with Crippen LogP contribution < -0.4 is 5.32 Å². The van der Waals surface area contributed by atoms with Gasteiger partial charge in [0, 0.05) is 9.85 Å². The fourth-order valence-electron chi connectivity index (χ4n) is 2.27. The van der Waals surface area contributed by atoms with E-state index in [1.54, 1.807) is 11.3 Å². The van der Waals surface area contributed by atoms with Gasteiger partial charge in [-0.2, -0.15) is 11.3 Å². The van der Waals surface area contributed by atoms with Crippen molar-refractivity contribution < 1.29 is 0 Å². The van der Waals surface area contributed by atoms with Crippen molar-refractivity contribution in [1.82, 2.24) is 5.32 Å². The summed E-state index contributed by atoms with van der Waals surface area (Å²) in [7, 11) is 0. The van der Waals surface area contributed by atoms with E-state index in [9.17, 15) is 0 Å². The number of thiophene rings is 1. The molecule has 3 heteroatoms. The van der Waals surface area contributed by atoms with Gasteiger partial charge in [0.25, 0.3) is 0 Å². The molecule has 1 nitrogen and oxygen atoms in total. The van der Waals surface area contributed by atoms with E-state index in [4.69, 9.17) is 0 Å². The minimum Gasteiger partial charge on any atom is -0.306 e. The molecule has 1 aromatic carbocycles. The molecule has 108 valence electrons. The molecule has 1 heterocycles. The standard InChI is InChI=1S/C17H22BrNS/c1-4-9-19-17(15-10-20-11-16(15)18)14-7-5-13(6-8-14)12(2)3/h5-8,10-12,17,19H,4,9H2,1-3H3. The first-order valence-electron chi connectivity index (χ1n) is 7.18. The van der Waals surface area contributed by atoms with E-state index >= 15 is 0 Å². The Morgan fingerprint density at radius 2 is 1.75 bits per heavy atom. The normalized spacial score (nSPS) is 12.8. The molecule has 0 bridgehead atoms. The lowest BCUT2D eigenvalue weighted by atomic mass is 9.96. The fourth-order valence-corrected chi connectivity index (χ4v) is 3.82. The van der Waals surface area contributed by atoms with Crippen LogP contribution in [0.2, 0.25) is 0 Å². The third kappa shape index (κ3) is 3.72. The molecular formula is C17H22BrNS. The van der Waals surface area contributed by atoms with Gasteiger partial charge in [-0.15, -0.1) is 0 Å². The topological polar surface area (TPSA) is 12.0 Å². The summed E-state index contributed by atoms with van der Waals surface area (Å²) in [6.07, 6.45) is 1.14. The van der Waals surface area contributed by atoms with E-state index in [1.165, 1.54) is 21.2 Å². The SMILES string of the molecule is CCCNC(c1ccc(C(C)C)cc1)c1cscc1Br. The van der Waals surface area contributed by atoms with Crippen LogP contribution in [-0.4, -0.2) is 6.54 Å². The van der Waals surface area contributed by atoms with Gasteiger partial charge in [0.15, 0.2) is 0 Å². The van der Waals surface area contributed by atoms with Gasteiger partial charge in [0.05, 0.1) is 6.04 Å². The zero-order valence-corrected chi connectivity index (χ0v) is 14.7. The van der Waals surface area contributed by atoms with Gasteiger partial charge in [-0.1, -0.05) is 45.0 Å². The number of halogens is 1. The smallest absolute Gasteiger partial charge is 0.0596 e. The minimum atomic E-state index is 0.275. The van der Waals surface area contributed by atoms with E-state index in [0.29, 0.717) is 5.92 Å². The molecule has 0 saturated heterocycles. The lowest BCUT2D eigenvalue weighted by Gasteiger charge is -2.19. The molecule has 1 aromatic heterocycles. The minimum absolute atomic E-state index is 0.275. The van der Waals surface area contributed by atoms with Crippen molar-refractivity contribution in [3.05, 3.63) is 56.2 Å². The van der Waals surface area contributed by atoms with Crippen molar-refractivity contribution in [2.75, 3.05) is 6.54 Å². The molecule has 0 aliphatic heterocycles. The highest BCUT2D eigenvalue weighted by Crippen LogP contribution is 2.32.